The van der Waals surface area contributed by atoms with Crippen molar-refractivity contribution in [3.63, 3.8) is 0 Å². The number of ether oxygens (including phenoxy) is 2. The maximum atomic E-state index is 14.8. The van der Waals surface area contributed by atoms with Crippen LogP contribution in [0.5, 0.6) is 0 Å². The third-order valence-corrected chi connectivity index (χ3v) is 9.74. The van der Waals surface area contributed by atoms with Crippen LogP contribution in [0.15, 0.2) is 0 Å². The summed E-state index contributed by atoms with van der Waals surface area (Å²) in [6.07, 6.45) is -16.1. The second-order valence-corrected chi connectivity index (χ2v) is 14.2. The molecule has 0 unspecified atom stereocenters. The van der Waals surface area contributed by atoms with Crippen molar-refractivity contribution >= 4 is 23.8 Å². The summed E-state index contributed by atoms with van der Waals surface area (Å²) in [6.45, 7) is -3.24. The molecule has 0 aromatic rings. The molecule has 22 nitrogen and oxygen atoms in total. The third-order valence-electron chi connectivity index (χ3n) is 9.74. The van der Waals surface area contributed by atoms with Crippen molar-refractivity contribution in [3.8, 4) is 0 Å². The average molecular weight is 897 g/mol. The zero-order valence-corrected chi connectivity index (χ0v) is 32.9. The molecule has 2 aliphatic heterocycles. The molecule has 0 radical (unpaired) electrons. The van der Waals surface area contributed by atoms with Crippen LogP contribution in [0.25, 0.3) is 0 Å². The summed E-state index contributed by atoms with van der Waals surface area (Å²) < 4.78 is 68.5. The van der Waals surface area contributed by atoms with Crippen molar-refractivity contribution in [2.24, 2.45) is 5.73 Å². The van der Waals surface area contributed by atoms with Gasteiger partial charge in [-0.25, -0.2) is 4.79 Å². The molecular weight excluding hydrogens is 840 g/mol. The van der Waals surface area contributed by atoms with Gasteiger partial charge < -0.3 is 104 Å². The minimum atomic E-state index is -4.30. The van der Waals surface area contributed by atoms with Gasteiger partial charge in [0.25, 0.3) is 11.6 Å². The Balaban J connectivity index is 0.00000112. The van der Waals surface area contributed by atoms with E-state index in [1.807, 2.05) is 0 Å². The number of carbonyl (C=O) groups excluding carboxylic acids is 2. The van der Waals surface area contributed by atoms with Crippen molar-refractivity contribution < 1.29 is 126 Å². The van der Waals surface area contributed by atoms with E-state index in [4.69, 9.17) is 26.2 Å². The molecule has 0 aromatic heterocycles. The number of hydrogen-bond acceptors (Lipinski definition) is 17. The molecule has 27 heteroatoms. The van der Waals surface area contributed by atoms with Gasteiger partial charge in [-0.1, -0.05) is 0 Å². The first-order valence-electron chi connectivity index (χ1n) is 18.0. The molecule has 17 N–H and O–H groups in total. The van der Waals surface area contributed by atoms with Crippen LogP contribution >= 0.6 is 0 Å². The Morgan fingerprint density at radius 3 is 1.31 bits per heavy atom. The summed E-state index contributed by atoms with van der Waals surface area (Å²) >= 11 is 0. The number of nitrogens with two attached hydrogens (primary N) is 1. The van der Waals surface area contributed by atoms with E-state index in [0.717, 1.165) is 13.8 Å². The van der Waals surface area contributed by atoms with Crippen molar-refractivity contribution in [2.75, 3.05) is 39.4 Å². The molecule has 2 heterocycles. The van der Waals surface area contributed by atoms with Crippen LogP contribution in [0.1, 0.15) is 52.4 Å². The highest BCUT2D eigenvalue weighted by molar-refractivity contribution is 5.74. The molecule has 0 aliphatic carbocycles. The normalized spacial score (nSPS) is 30.8. The fourth-order valence-corrected chi connectivity index (χ4v) is 5.92. The van der Waals surface area contributed by atoms with Gasteiger partial charge in [-0.2, -0.15) is 17.6 Å². The summed E-state index contributed by atoms with van der Waals surface area (Å²) in [5, 5.41) is 115. The number of carboxylic acid groups (broad SMARTS) is 2. The van der Waals surface area contributed by atoms with E-state index in [-0.39, 0.29) is 64.0 Å². The van der Waals surface area contributed by atoms with Gasteiger partial charge in [-0.3, -0.25) is 14.4 Å². The first kappa shape index (κ1) is 56.3. The van der Waals surface area contributed by atoms with Crippen LogP contribution in [-0.2, 0) is 28.7 Å². The predicted molar refractivity (Wildman–Crippen MR) is 182 cm³/mol. The number of aliphatic hydroxyl groups excluding tert-OH is 8. The van der Waals surface area contributed by atoms with E-state index >= 15 is 0 Å². The van der Waals surface area contributed by atoms with Gasteiger partial charge in [0.15, 0.2) is 6.04 Å². The molecule has 0 aromatic carbocycles. The standard InChI is InChI=1S/2C16H28F2N2O9.ClH/c2*1-8(22)20(5-3-2-4-9(19)14(26)27)7-15(17,18)16(28)13(25)12(24)11(23)10(6-21)29-16;/h2*9-13,21,23-25,28H,2-7,19H2,1H3,(H,26,27);1H/t2*9-,10+,11-,12-,13+,16+;/m00./s1. The van der Waals surface area contributed by atoms with Crippen molar-refractivity contribution in [1.29, 1.82) is 0 Å². The van der Waals surface area contributed by atoms with E-state index in [1.165, 1.54) is 0 Å². The molecular formula is C32H57ClF4N4O18. The Morgan fingerprint density at radius 2 is 1.02 bits per heavy atom. The molecule has 59 heavy (non-hydrogen) atoms. The molecule has 12 atom stereocenters. The highest BCUT2D eigenvalue weighted by Gasteiger charge is 2.67. The van der Waals surface area contributed by atoms with Crippen molar-refractivity contribution in [1.82, 2.24) is 9.80 Å². The Labute approximate surface area is 340 Å². The Morgan fingerprint density at radius 1 is 0.678 bits per heavy atom. The number of quaternary nitrogens is 1. The number of carboxylic acids is 2. The first-order valence-corrected chi connectivity index (χ1v) is 18.0. The second kappa shape index (κ2) is 23.5. The molecule has 0 saturated carbocycles. The average Bonchev–Trinajstić information content (AvgIpc) is 3.14. The summed E-state index contributed by atoms with van der Waals surface area (Å²) in [5.74, 6) is -19.8. The lowest BCUT2D eigenvalue weighted by Crippen LogP contribution is -3.00. The summed E-state index contributed by atoms with van der Waals surface area (Å²) in [7, 11) is 0. The van der Waals surface area contributed by atoms with E-state index in [1.54, 1.807) is 0 Å². The summed E-state index contributed by atoms with van der Waals surface area (Å²) in [6, 6.07) is -2.01. The SMILES string of the molecule is CC(=O)N(CCCC[C@H](N)C(=O)O)CC(F)(F)[C@]1(O)O[C@H](CO)[C@H](O)[C@H](O)[C@H]1O.CC(=O)N(CCCC[C@H]([NH3+])C(=O)O)CC(F)(F)[C@]1(O)O[C@H](CO)[C@H](O)[C@H](O)[C@H]1O.[Cl-]. The fourth-order valence-electron chi connectivity index (χ4n) is 5.92. The van der Waals surface area contributed by atoms with Gasteiger partial charge in [0.1, 0.15) is 54.9 Å². The van der Waals surface area contributed by atoms with Gasteiger partial charge in [0.05, 0.1) is 26.3 Å². The van der Waals surface area contributed by atoms with E-state index in [2.05, 4.69) is 15.2 Å². The molecule has 0 bridgehead atoms. The van der Waals surface area contributed by atoms with Gasteiger partial charge >= 0.3 is 23.8 Å². The van der Waals surface area contributed by atoms with Crippen LogP contribution in [-0.4, -0.2) is 219 Å². The minimum absolute atomic E-state index is 0. The fraction of sp³-hybridized carbons (Fsp3) is 0.875. The lowest BCUT2D eigenvalue weighted by molar-refractivity contribution is -0.411. The first-order chi connectivity index (χ1) is 26.6. The highest BCUT2D eigenvalue weighted by atomic mass is 35.5. The van der Waals surface area contributed by atoms with E-state index < -0.39 is 134 Å². The van der Waals surface area contributed by atoms with Gasteiger partial charge in [0.2, 0.25) is 11.8 Å². The lowest BCUT2D eigenvalue weighted by Gasteiger charge is -2.48. The number of halogens is 5. The van der Waals surface area contributed by atoms with Crippen LogP contribution < -0.4 is 23.9 Å². The highest BCUT2D eigenvalue weighted by Crippen LogP contribution is 2.42. The molecule has 2 fully saturated rings. The Hall–Kier alpha value is -2.67. The van der Waals surface area contributed by atoms with Crippen LogP contribution in [0.4, 0.5) is 17.6 Å². The largest absolute Gasteiger partial charge is 1.00 e. The molecule has 2 rings (SSSR count). The van der Waals surface area contributed by atoms with Crippen LogP contribution in [0.2, 0.25) is 0 Å². The van der Waals surface area contributed by atoms with E-state index in [9.17, 15) is 77.6 Å². The van der Waals surface area contributed by atoms with Crippen LogP contribution in [0, 0.1) is 0 Å². The van der Waals surface area contributed by atoms with Gasteiger partial charge in [-0.15, -0.1) is 0 Å². The number of alkyl halides is 4. The van der Waals surface area contributed by atoms with Crippen LogP contribution in [0.3, 0.4) is 0 Å². The lowest BCUT2D eigenvalue weighted by atomic mass is 9.88. The van der Waals surface area contributed by atoms with Crippen molar-refractivity contribution in [3.05, 3.63) is 0 Å². The predicted octanol–water partition coefficient (Wildman–Crippen LogP) is -9.28. The maximum absolute atomic E-state index is 14.8. The molecule has 2 aliphatic rings. The quantitative estimate of drug-likeness (QED) is 0.0398. The Kier molecular flexibility index (Phi) is 22.5. The number of carbonyl (C=O) groups is 4. The van der Waals surface area contributed by atoms with Crippen molar-refractivity contribution in [2.45, 2.75) is 137 Å². The zero-order valence-electron chi connectivity index (χ0n) is 32.1. The summed E-state index contributed by atoms with van der Waals surface area (Å²) in [5.41, 5.74) is 8.75. The number of unbranched alkanes of at least 4 members (excludes halogenated alkanes) is 2. The number of nitrogens with zero attached hydrogens (tertiary/aromatic N) is 2. The topological polar surface area (TPSA) is 390 Å². The molecule has 2 amide bonds. The zero-order chi connectivity index (χ0) is 45.1. The Bertz CT molecular complexity index is 1270. The van der Waals surface area contributed by atoms with Gasteiger partial charge in [0, 0.05) is 33.4 Å². The third kappa shape index (κ3) is 14.2. The monoisotopic (exact) mass is 896 g/mol. The number of rotatable bonds is 20. The maximum Gasteiger partial charge on any atom is 0.362 e. The van der Waals surface area contributed by atoms with E-state index in [0.29, 0.717) is 9.80 Å². The number of hydrogen-bond donors (Lipinski definition) is 14. The smallest absolute Gasteiger partial charge is 0.362 e. The molecule has 2 saturated heterocycles. The minimum Gasteiger partial charge on any atom is -1.00 e. The number of aliphatic carboxylic acids is 2. The molecule has 0 spiro atoms. The number of aliphatic hydroxyl groups is 10. The second-order valence-electron chi connectivity index (χ2n) is 14.2. The van der Waals surface area contributed by atoms with Gasteiger partial charge in [-0.05, 0) is 32.1 Å². The summed E-state index contributed by atoms with van der Waals surface area (Å²) in [4.78, 5) is 46.2. The molecule has 348 valence electrons. The number of amides is 2.